The number of nitrogens with two attached hydrogens (primary N) is 1. The minimum absolute atomic E-state index is 0.177. The zero-order valence-electron chi connectivity index (χ0n) is 13.6. The fourth-order valence-corrected chi connectivity index (χ4v) is 2.78. The summed E-state index contributed by atoms with van der Waals surface area (Å²) in [6.07, 6.45) is 2.14. The van der Waals surface area contributed by atoms with Crippen molar-refractivity contribution in [3.8, 4) is 0 Å². The molecule has 1 aromatic heterocycles. The van der Waals surface area contributed by atoms with Crippen molar-refractivity contribution < 1.29 is 4.79 Å². The first kappa shape index (κ1) is 17.2. The van der Waals surface area contributed by atoms with Gasteiger partial charge < -0.3 is 16.0 Å². The zero-order valence-corrected chi connectivity index (χ0v) is 14.3. The van der Waals surface area contributed by atoms with E-state index in [4.69, 9.17) is 17.3 Å². The molecule has 25 heavy (non-hydrogen) atoms. The van der Waals surface area contributed by atoms with Crippen LogP contribution in [0.5, 0.6) is 0 Å². The van der Waals surface area contributed by atoms with Crippen LogP contribution in [-0.4, -0.2) is 15.9 Å². The molecule has 4 N–H and O–H groups in total. The van der Waals surface area contributed by atoms with E-state index in [-0.39, 0.29) is 11.9 Å². The first-order valence-electron chi connectivity index (χ1n) is 8.00. The maximum atomic E-state index is 12.7. The highest BCUT2D eigenvalue weighted by atomic mass is 35.5. The van der Waals surface area contributed by atoms with Gasteiger partial charge in [-0.1, -0.05) is 54.1 Å². The van der Waals surface area contributed by atoms with Crippen LogP contribution in [0.15, 0.2) is 60.8 Å². The molecule has 0 fully saturated rings. The number of carbonyl (C=O) groups excluding carboxylic acids is 1. The molecule has 3 rings (SSSR count). The molecule has 3 aromatic rings. The van der Waals surface area contributed by atoms with Gasteiger partial charge in [0, 0.05) is 12.1 Å². The number of imidazole rings is 1. The molecule has 0 aliphatic heterocycles. The van der Waals surface area contributed by atoms with E-state index >= 15 is 0 Å². The predicted octanol–water partition coefficient (Wildman–Crippen LogP) is 3.24. The molecule has 0 saturated carbocycles. The number of aromatic amines is 1. The molecule has 0 aliphatic carbocycles. The van der Waals surface area contributed by atoms with Crippen LogP contribution in [0.3, 0.4) is 0 Å². The number of rotatable bonds is 6. The van der Waals surface area contributed by atoms with Crippen molar-refractivity contribution in [3.05, 3.63) is 88.5 Å². The lowest BCUT2D eigenvalue weighted by Gasteiger charge is -2.17. The molecular formula is C19H19ClN4O. The van der Waals surface area contributed by atoms with Crippen LogP contribution >= 0.6 is 11.6 Å². The molecule has 0 saturated heterocycles. The van der Waals surface area contributed by atoms with Gasteiger partial charge in [0.2, 0.25) is 0 Å². The van der Waals surface area contributed by atoms with Gasteiger partial charge in [0.1, 0.15) is 11.0 Å². The molecule has 1 atom stereocenters. The Morgan fingerprint density at radius 2 is 1.92 bits per heavy atom. The van der Waals surface area contributed by atoms with Crippen molar-refractivity contribution in [2.24, 2.45) is 5.73 Å². The molecule has 0 radical (unpaired) electrons. The minimum atomic E-state index is -0.316. The maximum absolute atomic E-state index is 12.7. The summed E-state index contributed by atoms with van der Waals surface area (Å²) < 4.78 is 0. The number of aromatic nitrogens is 2. The number of carbonyl (C=O) groups is 1. The SMILES string of the molecule is NCc1cccc(C(=O)N[C@@H](Cc2ccccc2)c2ncc(Cl)[nH]2)c1. The van der Waals surface area contributed by atoms with Gasteiger partial charge in [-0.15, -0.1) is 0 Å². The number of hydrogen-bond donors (Lipinski definition) is 3. The smallest absolute Gasteiger partial charge is 0.251 e. The zero-order chi connectivity index (χ0) is 17.6. The lowest BCUT2D eigenvalue weighted by atomic mass is 10.0. The van der Waals surface area contributed by atoms with Gasteiger partial charge in [-0.2, -0.15) is 0 Å². The lowest BCUT2D eigenvalue weighted by Crippen LogP contribution is -2.30. The Morgan fingerprint density at radius 3 is 2.60 bits per heavy atom. The molecule has 0 spiro atoms. The molecule has 2 aromatic carbocycles. The number of nitrogens with one attached hydrogen (secondary N) is 2. The van der Waals surface area contributed by atoms with E-state index in [1.807, 2.05) is 42.5 Å². The number of nitrogens with zero attached hydrogens (tertiary/aromatic N) is 1. The summed E-state index contributed by atoms with van der Waals surface area (Å²) in [7, 11) is 0. The van der Waals surface area contributed by atoms with Gasteiger partial charge in [-0.25, -0.2) is 4.98 Å². The van der Waals surface area contributed by atoms with Crippen LogP contribution in [-0.2, 0) is 13.0 Å². The lowest BCUT2D eigenvalue weighted by molar-refractivity contribution is 0.0934. The molecule has 5 nitrogen and oxygen atoms in total. The van der Waals surface area contributed by atoms with E-state index in [0.717, 1.165) is 11.1 Å². The standard InChI is InChI=1S/C19H19ClN4O/c20-17-12-22-18(24-17)16(10-13-5-2-1-3-6-13)23-19(25)15-8-4-7-14(9-15)11-21/h1-9,12,16H,10-11,21H2,(H,22,24)(H,23,25)/t16-/m0/s1. The van der Waals surface area contributed by atoms with E-state index in [0.29, 0.717) is 29.5 Å². The third-order valence-corrected chi connectivity index (χ3v) is 4.10. The average Bonchev–Trinajstić information content (AvgIpc) is 3.08. The molecule has 128 valence electrons. The summed E-state index contributed by atoms with van der Waals surface area (Å²) in [4.78, 5) is 19.9. The number of halogens is 1. The van der Waals surface area contributed by atoms with Crippen LogP contribution in [0.2, 0.25) is 5.15 Å². The highest BCUT2D eigenvalue weighted by molar-refractivity contribution is 6.29. The second-order valence-electron chi connectivity index (χ2n) is 5.74. The van der Waals surface area contributed by atoms with E-state index in [2.05, 4.69) is 15.3 Å². The van der Waals surface area contributed by atoms with Crippen LogP contribution in [0, 0.1) is 0 Å². The second-order valence-corrected chi connectivity index (χ2v) is 6.14. The quantitative estimate of drug-likeness (QED) is 0.635. The molecule has 1 amide bonds. The van der Waals surface area contributed by atoms with E-state index < -0.39 is 0 Å². The largest absolute Gasteiger partial charge is 0.342 e. The third kappa shape index (κ3) is 4.47. The Hall–Kier alpha value is -2.63. The first-order chi connectivity index (χ1) is 12.2. The Bertz CT molecular complexity index is 847. The van der Waals surface area contributed by atoms with Gasteiger partial charge in [-0.05, 0) is 29.7 Å². The van der Waals surface area contributed by atoms with Gasteiger partial charge in [0.15, 0.2) is 0 Å². The Kier molecular flexibility index (Phi) is 5.48. The maximum Gasteiger partial charge on any atom is 0.251 e. The monoisotopic (exact) mass is 354 g/mol. The number of H-pyrrole nitrogens is 1. The molecular weight excluding hydrogens is 336 g/mol. The summed E-state index contributed by atoms with van der Waals surface area (Å²) in [6, 6.07) is 16.9. The molecule has 0 unspecified atom stereocenters. The summed E-state index contributed by atoms with van der Waals surface area (Å²) in [5, 5.41) is 3.47. The van der Waals surface area contributed by atoms with Crippen molar-refractivity contribution in [2.75, 3.05) is 0 Å². The van der Waals surface area contributed by atoms with Crippen LogP contribution in [0.1, 0.15) is 33.4 Å². The van der Waals surface area contributed by atoms with E-state index in [1.54, 1.807) is 12.1 Å². The molecule has 1 heterocycles. The molecule has 6 heteroatoms. The fourth-order valence-electron chi connectivity index (χ4n) is 2.64. The van der Waals surface area contributed by atoms with Crippen molar-refractivity contribution in [1.82, 2.24) is 15.3 Å². The van der Waals surface area contributed by atoms with Crippen molar-refractivity contribution in [3.63, 3.8) is 0 Å². The summed E-state index contributed by atoms with van der Waals surface area (Å²) in [5.74, 6) is 0.445. The normalized spacial score (nSPS) is 11.9. The van der Waals surface area contributed by atoms with Crippen LogP contribution in [0.25, 0.3) is 0 Å². The van der Waals surface area contributed by atoms with Crippen LogP contribution in [0.4, 0.5) is 0 Å². The predicted molar refractivity (Wildman–Crippen MR) is 98.3 cm³/mol. The number of hydrogen-bond acceptors (Lipinski definition) is 3. The highest BCUT2D eigenvalue weighted by Gasteiger charge is 2.19. The third-order valence-electron chi connectivity index (χ3n) is 3.91. The minimum Gasteiger partial charge on any atom is -0.342 e. The highest BCUT2D eigenvalue weighted by Crippen LogP contribution is 2.18. The Balaban J connectivity index is 1.82. The number of amides is 1. The fraction of sp³-hybridized carbons (Fsp3) is 0.158. The Morgan fingerprint density at radius 1 is 1.16 bits per heavy atom. The van der Waals surface area contributed by atoms with Crippen molar-refractivity contribution >= 4 is 17.5 Å². The second kappa shape index (κ2) is 7.96. The summed E-state index contributed by atoms with van der Waals surface area (Å²) in [5.41, 5.74) is 8.23. The topological polar surface area (TPSA) is 83.8 Å². The van der Waals surface area contributed by atoms with Crippen LogP contribution < -0.4 is 11.1 Å². The van der Waals surface area contributed by atoms with Crippen molar-refractivity contribution in [1.29, 1.82) is 0 Å². The summed E-state index contributed by atoms with van der Waals surface area (Å²) in [6.45, 7) is 0.391. The Labute approximate surface area is 151 Å². The van der Waals surface area contributed by atoms with Gasteiger partial charge >= 0.3 is 0 Å². The summed E-state index contributed by atoms with van der Waals surface area (Å²) >= 11 is 5.96. The van der Waals surface area contributed by atoms with E-state index in [9.17, 15) is 4.79 Å². The number of benzene rings is 2. The van der Waals surface area contributed by atoms with Gasteiger partial charge in [0.05, 0.1) is 12.2 Å². The molecule has 0 bridgehead atoms. The average molecular weight is 355 g/mol. The van der Waals surface area contributed by atoms with E-state index in [1.165, 1.54) is 6.20 Å². The molecule has 0 aliphatic rings. The van der Waals surface area contributed by atoms with Gasteiger partial charge in [0.25, 0.3) is 5.91 Å². The first-order valence-corrected chi connectivity index (χ1v) is 8.37. The van der Waals surface area contributed by atoms with Crippen molar-refractivity contribution in [2.45, 2.75) is 19.0 Å². The van der Waals surface area contributed by atoms with Gasteiger partial charge in [-0.3, -0.25) is 4.79 Å².